The fourth-order valence-electron chi connectivity index (χ4n) is 3.17. The highest BCUT2D eigenvalue weighted by molar-refractivity contribution is 7.92. The Morgan fingerprint density at radius 2 is 1.60 bits per heavy atom. The minimum Gasteiger partial charge on any atom is -0.280 e. The number of benzene rings is 2. The summed E-state index contributed by atoms with van der Waals surface area (Å²) >= 11 is 0. The highest BCUT2D eigenvalue weighted by Gasteiger charge is 2.26. The predicted octanol–water partition coefficient (Wildman–Crippen LogP) is 3.89. The van der Waals surface area contributed by atoms with Gasteiger partial charge < -0.3 is 0 Å². The number of hydrogen-bond donors (Lipinski definition) is 1. The Hall–Kier alpha value is -3.59. The number of sulfonamides is 1. The lowest BCUT2D eigenvalue weighted by Gasteiger charge is -2.09. The quantitative estimate of drug-likeness (QED) is 0.526. The van der Waals surface area contributed by atoms with Crippen LogP contribution in [0.3, 0.4) is 0 Å². The summed E-state index contributed by atoms with van der Waals surface area (Å²) in [6.07, 6.45) is 0. The van der Waals surface area contributed by atoms with E-state index >= 15 is 0 Å². The molecule has 4 rings (SSSR count). The molecule has 0 radical (unpaired) electrons. The van der Waals surface area contributed by atoms with Crippen molar-refractivity contribution in [3.05, 3.63) is 83.9 Å². The summed E-state index contributed by atoms with van der Waals surface area (Å²) in [4.78, 5) is 0.0424. The van der Waals surface area contributed by atoms with E-state index in [4.69, 9.17) is 0 Å². The van der Waals surface area contributed by atoms with E-state index < -0.39 is 15.8 Å². The largest absolute Gasteiger partial charge is 0.280 e. The first kappa shape index (κ1) is 19.7. The Labute approximate surface area is 173 Å². The first-order valence-electron chi connectivity index (χ1n) is 9.09. The molecule has 0 bridgehead atoms. The van der Waals surface area contributed by atoms with E-state index in [9.17, 15) is 12.8 Å². The fraction of sp³-hybridized carbons (Fsp3) is 0.0952. The molecule has 0 atom stereocenters. The summed E-state index contributed by atoms with van der Waals surface area (Å²) in [7, 11) is -3.93. The molecule has 2 heterocycles. The molecule has 0 aliphatic rings. The molecule has 9 heteroatoms. The molecule has 7 nitrogen and oxygen atoms in total. The Morgan fingerprint density at radius 3 is 2.23 bits per heavy atom. The van der Waals surface area contributed by atoms with Crippen LogP contribution in [0, 0.1) is 19.7 Å². The molecule has 0 spiro atoms. The molecule has 0 saturated carbocycles. The maximum Gasteiger partial charge on any atom is 0.265 e. The van der Waals surface area contributed by atoms with Crippen LogP contribution in [-0.2, 0) is 10.0 Å². The van der Waals surface area contributed by atoms with Crippen molar-refractivity contribution in [2.75, 3.05) is 4.72 Å². The van der Waals surface area contributed by atoms with Crippen LogP contribution >= 0.6 is 0 Å². The molecule has 0 saturated heterocycles. The number of hydrogen-bond acceptors (Lipinski definition) is 5. The Balaban J connectivity index is 1.67. The van der Waals surface area contributed by atoms with Crippen molar-refractivity contribution in [1.82, 2.24) is 20.0 Å². The van der Waals surface area contributed by atoms with Crippen molar-refractivity contribution in [2.24, 2.45) is 0 Å². The van der Waals surface area contributed by atoms with Crippen molar-refractivity contribution >= 4 is 15.7 Å². The van der Waals surface area contributed by atoms with Crippen molar-refractivity contribution in [3.8, 4) is 17.1 Å². The number of rotatable bonds is 5. The second-order valence-electron chi connectivity index (χ2n) is 6.67. The van der Waals surface area contributed by atoms with Crippen LogP contribution in [0.1, 0.15) is 11.4 Å². The van der Waals surface area contributed by atoms with Crippen molar-refractivity contribution in [2.45, 2.75) is 18.7 Å². The predicted molar refractivity (Wildman–Crippen MR) is 111 cm³/mol. The molecule has 0 unspecified atom stereocenters. The maximum atomic E-state index is 13.1. The number of nitrogens with one attached hydrogen (secondary N) is 1. The topological polar surface area (TPSA) is 89.8 Å². The van der Waals surface area contributed by atoms with Gasteiger partial charge in [-0.1, -0.05) is 30.3 Å². The van der Waals surface area contributed by atoms with Crippen molar-refractivity contribution in [1.29, 1.82) is 0 Å². The van der Waals surface area contributed by atoms with Crippen LogP contribution in [-0.4, -0.2) is 28.4 Å². The molecule has 4 aromatic rings. The normalized spacial score (nSPS) is 11.4. The lowest BCUT2D eigenvalue weighted by molar-refractivity contribution is 0.599. The summed E-state index contributed by atoms with van der Waals surface area (Å²) < 4.78 is 42.8. The van der Waals surface area contributed by atoms with Crippen LogP contribution in [0.5, 0.6) is 0 Å². The molecule has 0 aliphatic heterocycles. The first-order valence-corrected chi connectivity index (χ1v) is 10.6. The van der Waals surface area contributed by atoms with Gasteiger partial charge in [0, 0.05) is 11.3 Å². The SMILES string of the molecule is Cc1nn(-c2ccc(-c3ccccc3)nn2)c(C)c1S(=O)(=O)Nc1ccc(F)cc1. The van der Waals surface area contributed by atoms with Gasteiger partial charge >= 0.3 is 0 Å². The number of nitrogens with zero attached hydrogens (tertiary/aromatic N) is 4. The van der Waals surface area contributed by atoms with E-state index in [2.05, 4.69) is 20.0 Å². The lowest BCUT2D eigenvalue weighted by Crippen LogP contribution is -2.15. The van der Waals surface area contributed by atoms with E-state index in [1.807, 2.05) is 30.3 Å². The average Bonchev–Trinajstić information content (AvgIpc) is 3.05. The third-order valence-corrected chi connectivity index (χ3v) is 6.16. The number of anilines is 1. The minimum atomic E-state index is -3.93. The monoisotopic (exact) mass is 423 g/mol. The van der Waals surface area contributed by atoms with Gasteiger partial charge in [-0.3, -0.25) is 4.72 Å². The number of halogens is 1. The Bertz CT molecular complexity index is 1290. The van der Waals surface area contributed by atoms with Gasteiger partial charge in [0.05, 0.1) is 17.1 Å². The summed E-state index contributed by atoms with van der Waals surface area (Å²) in [5.74, 6) is -0.0471. The first-order chi connectivity index (χ1) is 14.3. The van der Waals surface area contributed by atoms with Crippen LogP contribution in [0.25, 0.3) is 17.1 Å². The van der Waals surface area contributed by atoms with Crippen LogP contribution in [0.4, 0.5) is 10.1 Å². The van der Waals surface area contributed by atoms with E-state index in [1.54, 1.807) is 26.0 Å². The van der Waals surface area contributed by atoms with Gasteiger partial charge in [0.2, 0.25) is 0 Å². The van der Waals surface area contributed by atoms with Crippen molar-refractivity contribution in [3.63, 3.8) is 0 Å². The molecule has 2 aromatic heterocycles. The number of aromatic nitrogens is 4. The Morgan fingerprint density at radius 1 is 0.900 bits per heavy atom. The number of aryl methyl sites for hydroxylation is 1. The summed E-state index contributed by atoms with van der Waals surface area (Å²) in [5, 5.41) is 12.8. The smallest absolute Gasteiger partial charge is 0.265 e. The fourth-order valence-corrected chi connectivity index (χ4v) is 4.62. The molecule has 2 aromatic carbocycles. The molecular weight excluding hydrogens is 405 g/mol. The molecule has 0 fully saturated rings. The molecule has 0 amide bonds. The standard InChI is InChI=1S/C21H18FN5O2S/c1-14-21(30(28,29)26-18-10-8-17(22)9-11-18)15(2)27(25-14)20-13-12-19(23-24-20)16-6-4-3-5-7-16/h3-13,26H,1-2H3. The van der Waals surface area contributed by atoms with E-state index in [-0.39, 0.29) is 10.6 Å². The van der Waals surface area contributed by atoms with Crippen molar-refractivity contribution < 1.29 is 12.8 Å². The van der Waals surface area contributed by atoms with Gasteiger partial charge in [-0.2, -0.15) is 5.10 Å². The summed E-state index contributed by atoms with van der Waals surface area (Å²) in [6, 6.07) is 18.2. The third-order valence-electron chi connectivity index (χ3n) is 4.53. The highest BCUT2D eigenvalue weighted by Crippen LogP contribution is 2.25. The summed E-state index contributed by atoms with van der Waals surface area (Å²) in [5.41, 5.74) is 2.60. The molecule has 0 aliphatic carbocycles. The van der Waals surface area contributed by atoms with E-state index in [0.29, 0.717) is 22.9 Å². The van der Waals surface area contributed by atoms with Gasteiger partial charge in [-0.05, 0) is 50.2 Å². The maximum absolute atomic E-state index is 13.1. The molecule has 1 N–H and O–H groups in total. The Kier molecular flexibility index (Phi) is 5.04. The summed E-state index contributed by atoms with van der Waals surface area (Å²) in [6.45, 7) is 3.25. The lowest BCUT2D eigenvalue weighted by atomic mass is 10.1. The van der Waals surface area contributed by atoms with Crippen LogP contribution in [0.15, 0.2) is 71.6 Å². The molecule has 30 heavy (non-hydrogen) atoms. The second kappa shape index (κ2) is 7.68. The molecular formula is C21H18FN5O2S. The van der Waals surface area contributed by atoms with Gasteiger partial charge in [-0.15, -0.1) is 10.2 Å². The van der Waals surface area contributed by atoms with E-state index in [0.717, 1.165) is 5.56 Å². The van der Waals surface area contributed by atoms with Gasteiger partial charge in [0.1, 0.15) is 10.7 Å². The third kappa shape index (κ3) is 3.79. The van der Waals surface area contributed by atoms with Gasteiger partial charge in [0.15, 0.2) is 5.82 Å². The van der Waals surface area contributed by atoms with Gasteiger partial charge in [-0.25, -0.2) is 17.5 Å². The van der Waals surface area contributed by atoms with Crippen LogP contribution < -0.4 is 4.72 Å². The minimum absolute atomic E-state index is 0.0424. The zero-order valence-electron chi connectivity index (χ0n) is 16.2. The zero-order chi connectivity index (χ0) is 21.3. The molecule has 152 valence electrons. The average molecular weight is 423 g/mol. The van der Waals surface area contributed by atoms with E-state index in [1.165, 1.54) is 28.9 Å². The zero-order valence-corrected chi connectivity index (χ0v) is 17.1. The van der Waals surface area contributed by atoms with Crippen LogP contribution in [0.2, 0.25) is 0 Å². The van der Waals surface area contributed by atoms with Gasteiger partial charge in [0.25, 0.3) is 10.0 Å². The highest BCUT2D eigenvalue weighted by atomic mass is 32.2. The second-order valence-corrected chi connectivity index (χ2v) is 8.29.